The highest BCUT2D eigenvalue weighted by atomic mass is 16.6. The van der Waals surface area contributed by atoms with Crippen molar-refractivity contribution in [2.24, 2.45) is 5.41 Å². The van der Waals surface area contributed by atoms with E-state index in [0.29, 0.717) is 0 Å². The molecule has 3 nitrogen and oxygen atoms in total. The number of ether oxygens (including phenoxy) is 1. The van der Waals surface area contributed by atoms with Crippen LogP contribution in [-0.2, 0) is 4.74 Å². The van der Waals surface area contributed by atoms with E-state index in [0.717, 1.165) is 11.3 Å². The molecular weight excluding hydrogens is 322 g/mol. The van der Waals surface area contributed by atoms with Crippen molar-refractivity contribution < 1.29 is 9.53 Å². The second-order valence-electron chi connectivity index (χ2n) is 8.64. The maximum absolute atomic E-state index is 12.3. The molecule has 3 heteroatoms. The molecule has 0 aliphatic carbocycles. The monoisotopic (exact) mass is 352 g/mol. The number of hydrogen-bond donors (Lipinski definition) is 1. The Morgan fingerprint density at radius 1 is 0.923 bits per heavy atom. The Labute approximate surface area is 157 Å². The fourth-order valence-corrected chi connectivity index (χ4v) is 2.86. The average Bonchev–Trinajstić information content (AvgIpc) is 2.51. The van der Waals surface area contributed by atoms with Crippen molar-refractivity contribution in [1.29, 1.82) is 0 Å². The van der Waals surface area contributed by atoms with Gasteiger partial charge in [0, 0.05) is 5.69 Å². The summed E-state index contributed by atoms with van der Waals surface area (Å²) in [5, 5.41) is 2.92. The topological polar surface area (TPSA) is 38.3 Å². The molecule has 26 heavy (non-hydrogen) atoms. The molecule has 0 heterocycles. The van der Waals surface area contributed by atoms with Crippen LogP contribution in [0.1, 0.15) is 58.6 Å². The van der Waals surface area contributed by atoms with E-state index in [1.54, 1.807) is 0 Å². The fourth-order valence-electron chi connectivity index (χ4n) is 2.86. The first-order chi connectivity index (χ1) is 12.1. The second-order valence-corrected chi connectivity index (χ2v) is 8.64. The third-order valence-electron chi connectivity index (χ3n) is 4.02. The van der Waals surface area contributed by atoms with Crippen molar-refractivity contribution in [2.75, 3.05) is 5.32 Å². The van der Waals surface area contributed by atoms with Crippen LogP contribution in [0.5, 0.6) is 0 Å². The number of para-hydroxylation sites is 1. The summed E-state index contributed by atoms with van der Waals surface area (Å²) >= 11 is 0. The Balaban J connectivity index is 2.32. The van der Waals surface area contributed by atoms with Crippen LogP contribution < -0.4 is 5.32 Å². The van der Waals surface area contributed by atoms with Crippen LogP contribution in [0.2, 0.25) is 0 Å². The molecule has 0 aliphatic rings. The van der Waals surface area contributed by atoms with Crippen molar-refractivity contribution in [3.8, 4) is 0 Å². The van der Waals surface area contributed by atoms with Crippen LogP contribution in [0, 0.1) is 11.8 Å². The number of carbonyl (C=O) groups excluding carboxylic acids is 1. The van der Waals surface area contributed by atoms with Gasteiger partial charge in [0.15, 0.2) is 0 Å². The van der Waals surface area contributed by atoms with Crippen LogP contribution in [-0.4, -0.2) is 11.7 Å². The van der Waals surface area contributed by atoms with E-state index in [2.05, 4.69) is 50.7 Å². The minimum Gasteiger partial charge on any atom is -0.444 e. The molecule has 0 saturated heterocycles. The van der Waals surface area contributed by atoms with Gasteiger partial charge in [-0.05, 0) is 55.7 Å². The molecule has 2 rings (SSSR count). The Morgan fingerprint density at radius 3 is 2.08 bits per heavy atom. The first-order valence-electron chi connectivity index (χ1n) is 9.05. The normalized spacial score (nSPS) is 13.2. The third kappa shape index (κ3) is 5.91. The summed E-state index contributed by atoms with van der Waals surface area (Å²) in [6, 6.07) is 18.2. The summed E-state index contributed by atoms with van der Waals surface area (Å²) in [7, 11) is 0. The summed E-state index contributed by atoms with van der Waals surface area (Å²) in [6.45, 7) is 12.2. The van der Waals surface area contributed by atoms with Gasteiger partial charge in [0.2, 0.25) is 0 Å². The molecular formula is C23H30NO2. The van der Waals surface area contributed by atoms with Crippen molar-refractivity contribution >= 4 is 11.8 Å². The van der Waals surface area contributed by atoms with Crippen LogP contribution in [0.15, 0.2) is 54.6 Å². The van der Waals surface area contributed by atoms with Crippen molar-refractivity contribution in [1.82, 2.24) is 0 Å². The van der Waals surface area contributed by atoms with Gasteiger partial charge in [0.25, 0.3) is 0 Å². The lowest BCUT2D eigenvalue weighted by atomic mass is 9.73. The number of hydrogen-bond acceptors (Lipinski definition) is 2. The van der Waals surface area contributed by atoms with Crippen LogP contribution in [0.25, 0.3) is 0 Å². The molecule has 0 saturated carbocycles. The third-order valence-corrected chi connectivity index (χ3v) is 4.02. The Bertz CT molecular complexity index is 724. The summed E-state index contributed by atoms with van der Waals surface area (Å²) < 4.78 is 5.42. The van der Waals surface area contributed by atoms with E-state index in [1.807, 2.05) is 57.2 Å². The first kappa shape index (κ1) is 20.0. The zero-order chi connectivity index (χ0) is 19.4. The lowest BCUT2D eigenvalue weighted by Gasteiger charge is -2.33. The first-order valence-corrected chi connectivity index (χ1v) is 9.05. The van der Waals surface area contributed by atoms with E-state index < -0.39 is 11.7 Å². The van der Waals surface area contributed by atoms with E-state index in [4.69, 9.17) is 4.74 Å². The maximum atomic E-state index is 12.3. The molecule has 1 unspecified atom stereocenters. The highest BCUT2D eigenvalue weighted by Gasteiger charge is 2.29. The minimum absolute atomic E-state index is 0.0123. The molecule has 0 aliphatic heterocycles. The van der Waals surface area contributed by atoms with Crippen molar-refractivity contribution in [3.05, 3.63) is 72.1 Å². The SMILES string of the molecule is CC(C)(C)OC(=O)Nc1ccccc1C([CH]c1ccccc1)C(C)(C)C. The van der Waals surface area contributed by atoms with Crippen LogP contribution in [0.3, 0.4) is 0 Å². The smallest absolute Gasteiger partial charge is 0.412 e. The highest BCUT2D eigenvalue weighted by molar-refractivity contribution is 5.86. The predicted octanol–water partition coefficient (Wildman–Crippen LogP) is 6.42. The largest absolute Gasteiger partial charge is 0.444 e. The quantitative estimate of drug-likeness (QED) is 0.690. The number of anilines is 1. The zero-order valence-electron chi connectivity index (χ0n) is 16.7. The summed E-state index contributed by atoms with van der Waals surface area (Å²) in [5.41, 5.74) is 2.49. The van der Waals surface area contributed by atoms with Crippen LogP contribution in [0.4, 0.5) is 10.5 Å². The standard InChI is InChI=1S/C23H30NO2/c1-22(2,3)19(16-17-12-8-7-9-13-17)18-14-10-11-15-20(18)24-21(25)26-23(4,5)6/h7-16,19H,1-6H3,(H,24,25). The molecule has 139 valence electrons. The molecule has 2 aromatic rings. The average molecular weight is 352 g/mol. The predicted molar refractivity (Wildman–Crippen MR) is 108 cm³/mol. The van der Waals surface area contributed by atoms with Crippen LogP contribution >= 0.6 is 0 Å². The fraction of sp³-hybridized carbons (Fsp3) is 0.391. The van der Waals surface area contributed by atoms with Gasteiger partial charge in [-0.1, -0.05) is 69.3 Å². The number of rotatable bonds is 4. The van der Waals surface area contributed by atoms with Gasteiger partial charge >= 0.3 is 6.09 Å². The van der Waals surface area contributed by atoms with Gasteiger partial charge < -0.3 is 4.74 Å². The number of carbonyl (C=O) groups is 1. The number of amides is 1. The maximum Gasteiger partial charge on any atom is 0.412 e. The molecule has 0 spiro atoms. The Morgan fingerprint density at radius 2 is 1.50 bits per heavy atom. The van der Waals surface area contributed by atoms with E-state index >= 15 is 0 Å². The second kappa shape index (κ2) is 7.94. The van der Waals surface area contributed by atoms with Gasteiger partial charge in [-0.2, -0.15) is 0 Å². The summed E-state index contributed by atoms with van der Waals surface area (Å²) in [6.07, 6.45) is 1.83. The van der Waals surface area contributed by atoms with Gasteiger partial charge in [-0.25, -0.2) is 4.79 Å². The molecule has 1 N–H and O–H groups in total. The lowest BCUT2D eigenvalue weighted by molar-refractivity contribution is 0.0635. The molecule has 1 atom stereocenters. The summed E-state index contributed by atoms with van der Waals surface area (Å²) in [4.78, 5) is 12.3. The molecule has 0 bridgehead atoms. The van der Waals surface area contributed by atoms with Gasteiger partial charge in [-0.3, -0.25) is 5.32 Å². The Hall–Kier alpha value is -2.29. The summed E-state index contributed by atoms with van der Waals surface area (Å²) in [5.74, 6) is 0.135. The van der Waals surface area contributed by atoms with Gasteiger partial charge in [0.1, 0.15) is 5.60 Å². The minimum atomic E-state index is -0.529. The van der Waals surface area contributed by atoms with Gasteiger partial charge in [0.05, 0.1) is 0 Å². The number of benzene rings is 2. The Kier molecular flexibility index (Phi) is 6.12. The highest BCUT2D eigenvalue weighted by Crippen LogP contribution is 2.42. The molecule has 2 aromatic carbocycles. The zero-order valence-corrected chi connectivity index (χ0v) is 16.7. The molecule has 0 fully saturated rings. The van der Waals surface area contributed by atoms with E-state index in [1.165, 1.54) is 5.56 Å². The van der Waals surface area contributed by atoms with Crippen molar-refractivity contribution in [2.45, 2.75) is 53.1 Å². The molecule has 1 amide bonds. The van der Waals surface area contributed by atoms with E-state index in [9.17, 15) is 4.79 Å². The molecule has 0 aromatic heterocycles. The van der Waals surface area contributed by atoms with Gasteiger partial charge in [-0.15, -0.1) is 0 Å². The lowest BCUT2D eigenvalue weighted by Crippen LogP contribution is -2.28. The molecule has 1 radical (unpaired) electrons. The number of nitrogens with one attached hydrogen (secondary N) is 1. The van der Waals surface area contributed by atoms with E-state index in [-0.39, 0.29) is 11.3 Å². The van der Waals surface area contributed by atoms with Crippen molar-refractivity contribution in [3.63, 3.8) is 0 Å².